The van der Waals surface area contributed by atoms with Crippen LogP contribution in [0.15, 0.2) is 42.6 Å². The molecule has 0 aliphatic heterocycles. The molecule has 3 rings (SSSR count). The Morgan fingerprint density at radius 1 is 1.21 bits per heavy atom. The Morgan fingerprint density at radius 2 is 2.00 bits per heavy atom. The van der Waals surface area contributed by atoms with Crippen molar-refractivity contribution in [1.82, 2.24) is 20.1 Å². The van der Waals surface area contributed by atoms with Gasteiger partial charge < -0.3 is 20.7 Å². The van der Waals surface area contributed by atoms with Crippen LogP contribution in [0.25, 0.3) is 0 Å². The Hall–Kier alpha value is -3.10. The Balaban J connectivity index is 1.87. The number of ether oxygens (including phenoxy) is 1. The molecule has 2 aromatic heterocycles. The number of halogens is 1. The predicted octanol–water partition coefficient (Wildman–Crippen LogP) is 3.94. The first kappa shape index (κ1) is 20.6. The van der Waals surface area contributed by atoms with Crippen molar-refractivity contribution in [2.45, 2.75) is 20.1 Å². The van der Waals surface area contributed by atoms with Gasteiger partial charge in [-0.3, -0.25) is 4.79 Å². The van der Waals surface area contributed by atoms with Crippen LogP contribution in [0.5, 0.6) is 0 Å². The number of nitrogens with one attached hydrogen (secondary N) is 3. The summed E-state index contributed by atoms with van der Waals surface area (Å²) in [5, 5.41) is 14.0. The summed E-state index contributed by atoms with van der Waals surface area (Å²) in [6.45, 7) is 3.13. The standard InChI is InChI=1S/C20H23ClN6O2/c1-4-27-19(9-13(26-27)12-29-3)25-18-10-17(15(21)11-23-18)24-16-8-6-5-7-14(16)20(28)22-2/h5-11H,4,12H2,1-3H3,(H,22,28)(H2,23,24,25). The fraction of sp³-hybridized carbons (Fsp3) is 0.250. The van der Waals surface area contributed by atoms with Crippen molar-refractivity contribution in [1.29, 1.82) is 0 Å². The van der Waals surface area contributed by atoms with Gasteiger partial charge in [-0.2, -0.15) is 5.10 Å². The van der Waals surface area contributed by atoms with Crippen LogP contribution in [0.1, 0.15) is 23.0 Å². The number of anilines is 4. The van der Waals surface area contributed by atoms with E-state index in [2.05, 4.69) is 26.0 Å². The molecule has 0 saturated carbocycles. The first-order chi connectivity index (χ1) is 14.0. The highest BCUT2D eigenvalue weighted by atomic mass is 35.5. The van der Waals surface area contributed by atoms with Crippen molar-refractivity contribution in [2.75, 3.05) is 24.8 Å². The van der Waals surface area contributed by atoms with E-state index in [9.17, 15) is 4.79 Å². The molecule has 0 fully saturated rings. The van der Waals surface area contributed by atoms with Gasteiger partial charge in [-0.25, -0.2) is 9.67 Å². The largest absolute Gasteiger partial charge is 0.378 e. The summed E-state index contributed by atoms with van der Waals surface area (Å²) in [5.74, 6) is 1.20. The molecular formula is C20H23ClN6O2. The molecule has 0 aliphatic carbocycles. The third kappa shape index (κ3) is 4.85. The number of nitrogens with zero attached hydrogens (tertiary/aromatic N) is 3. The van der Waals surface area contributed by atoms with E-state index in [1.165, 1.54) is 0 Å². The van der Waals surface area contributed by atoms with Gasteiger partial charge in [0.2, 0.25) is 0 Å². The van der Waals surface area contributed by atoms with Gasteiger partial charge in [0, 0.05) is 32.8 Å². The van der Waals surface area contributed by atoms with Crippen LogP contribution >= 0.6 is 11.6 Å². The van der Waals surface area contributed by atoms with E-state index in [0.29, 0.717) is 40.9 Å². The highest BCUT2D eigenvalue weighted by molar-refractivity contribution is 6.33. The number of carbonyl (C=O) groups is 1. The quantitative estimate of drug-likeness (QED) is 0.517. The zero-order valence-corrected chi connectivity index (χ0v) is 17.2. The van der Waals surface area contributed by atoms with Crippen LogP contribution in [0, 0.1) is 0 Å². The smallest absolute Gasteiger partial charge is 0.253 e. The third-order valence-corrected chi connectivity index (χ3v) is 4.50. The van der Waals surface area contributed by atoms with Crippen LogP contribution < -0.4 is 16.0 Å². The van der Waals surface area contributed by atoms with E-state index in [0.717, 1.165) is 11.5 Å². The number of aromatic nitrogens is 3. The summed E-state index contributed by atoms with van der Waals surface area (Å²) in [7, 11) is 3.22. The number of aryl methyl sites for hydroxylation is 1. The highest BCUT2D eigenvalue weighted by Gasteiger charge is 2.13. The number of methoxy groups -OCH3 is 1. The van der Waals surface area contributed by atoms with Gasteiger partial charge >= 0.3 is 0 Å². The Kier molecular flexibility index (Phi) is 6.69. The molecule has 3 aromatic rings. The van der Waals surface area contributed by atoms with Crippen molar-refractivity contribution in [3.8, 4) is 0 Å². The van der Waals surface area contributed by atoms with Crippen LogP contribution in [0.3, 0.4) is 0 Å². The first-order valence-electron chi connectivity index (χ1n) is 9.12. The molecule has 0 spiro atoms. The number of amides is 1. The minimum atomic E-state index is -0.186. The van der Waals surface area contributed by atoms with E-state index < -0.39 is 0 Å². The van der Waals surface area contributed by atoms with Crippen molar-refractivity contribution in [2.24, 2.45) is 0 Å². The molecule has 0 aliphatic rings. The van der Waals surface area contributed by atoms with E-state index in [4.69, 9.17) is 16.3 Å². The second-order valence-corrected chi connectivity index (χ2v) is 6.60. The zero-order valence-electron chi connectivity index (χ0n) is 16.5. The number of benzene rings is 1. The summed E-state index contributed by atoms with van der Waals surface area (Å²) >= 11 is 6.33. The van der Waals surface area contributed by atoms with Crippen molar-refractivity contribution in [3.63, 3.8) is 0 Å². The average Bonchev–Trinajstić information content (AvgIpc) is 3.12. The topological polar surface area (TPSA) is 93.1 Å². The zero-order chi connectivity index (χ0) is 20.8. The van der Waals surface area contributed by atoms with E-state index in [1.54, 1.807) is 38.6 Å². The molecular weight excluding hydrogens is 392 g/mol. The lowest BCUT2D eigenvalue weighted by Gasteiger charge is -2.14. The van der Waals surface area contributed by atoms with Gasteiger partial charge in [0.05, 0.1) is 40.5 Å². The van der Waals surface area contributed by atoms with Crippen LogP contribution in [0.2, 0.25) is 5.02 Å². The minimum absolute atomic E-state index is 0.186. The fourth-order valence-electron chi connectivity index (χ4n) is 2.83. The molecule has 2 heterocycles. The molecule has 0 atom stereocenters. The molecule has 3 N–H and O–H groups in total. The lowest BCUT2D eigenvalue weighted by Crippen LogP contribution is -2.19. The molecule has 0 bridgehead atoms. The van der Waals surface area contributed by atoms with Crippen molar-refractivity contribution in [3.05, 3.63) is 58.9 Å². The first-order valence-corrected chi connectivity index (χ1v) is 9.49. The van der Waals surface area contributed by atoms with Crippen molar-refractivity contribution < 1.29 is 9.53 Å². The lowest BCUT2D eigenvalue weighted by molar-refractivity contribution is 0.0964. The van der Waals surface area contributed by atoms with Crippen molar-refractivity contribution >= 4 is 40.5 Å². The van der Waals surface area contributed by atoms with Gasteiger partial charge in [-0.05, 0) is 19.1 Å². The minimum Gasteiger partial charge on any atom is -0.378 e. The number of carbonyl (C=O) groups excluding carboxylic acids is 1. The summed E-state index contributed by atoms with van der Waals surface area (Å²) in [5.41, 5.74) is 2.61. The Morgan fingerprint density at radius 3 is 2.72 bits per heavy atom. The summed E-state index contributed by atoms with van der Waals surface area (Å²) in [6, 6.07) is 10.9. The number of para-hydroxylation sites is 1. The number of pyridine rings is 1. The molecule has 0 radical (unpaired) electrons. The molecule has 1 amide bonds. The maximum Gasteiger partial charge on any atom is 0.253 e. The van der Waals surface area contributed by atoms with E-state index in [1.807, 2.05) is 29.8 Å². The summed E-state index contributed by atoms with van der Waals surface area (Å²) in [4.78, 5) is 16.5. The van der Waals surface area contributed by atoms with Gasteiger partial charge in [0.1, 0.15) is 11.6 Å². The normalized spacial score (nSPS) is 10.6. The average molecular weight is 415 g/mol. The monoisotopic (exact) mass is 414 g/mol. The number of hydrogen-bond donors (Lipinski definition) is 3. The van der Waals surface area contributed by atoms with E-state index in [-0.39, 0.29) is 5.91 Å². The second kappa shape index (κ2) is 9.40. The summed E-state index contributed by atoms with van der Waals surface area (Å²) in [6.07, 6.45) is 1.55. The molecule has 8 nitrogen and oxygen atoms in total. The lowest BCUT2D eigenvalue weighted by atomic mass is 10.1. The molecule has 0 saturated heterocycles. The van der Waals surface area contributed by atoms with Gasteiger partial charge in [-0.1, -0.05) is 23.7 Å². The van der Waals surface area contributed by atoms with Gasteiger partial charge in [-0.15, -0.1) is 0 Å². The van der Waals surface area contributed by atoms with Gasteiger partial charge in [0.25, 0.3) is 5.91 Å². The summed E-state index contributed by atoms with van der Waals surface area (Å²) < 4.78 is 6.98. The Labute approximate surface area is 174 Å². The third-order valence-electron chi connectivity index (χ3n) is 4.20. The van der Waals surface area contributed by atoms with Crippen LogP contribution in [-0.2, 0) is 17.9 Å². The molecule has 29 heavy (non-hydrogen) atoms. The fourth-order valence-corrected chi connectivity index (χ4v) is 2.98. The molecule has 1 aromatic carbocycles. The van der Waals surface area contributed by atoms with Crippen LogP contribution in [-0.4, -0.2) is 34.8 Å². The molecule has 152 valence electrons. The molecule has 9 heteroatoms. The number of hydrogen-bond acceptors (Lipinski definition) is 6. The highest BCUT2D eigenvalue weighted by Crippen LogP contribution is 2.30. The van der Waals surface area contributed by atoms with Gasteiger partial charge in [0.15, 0.2) is 0 Å². The predicted molar refractivity (Wildman–Crippen MR) is 114 cm³/mol. The maximum atomic E-state index is 12.1. The number of rotatable bonds is 8. The molecule has 0 unspecified atom stereocenters. The Bertz CT molecular complexity index is 1000. The second-order valence-electron chi connectivity index (χ2n) is 6.19. The SMILES string of the molecule is CCn1nc(COC)cc1Nc1cc(Nc2ccccc2C(=O)NC)c(Cl)cn1. The van der Waals surface area contributed by atoms with E-state index >= 15 is 0 Å². The maximum absolute atomic E-state index is 12.1. The van der Waals surface area contributed by atoms with Crippen LogP contribution in [0.4, 0.5) is 23.0 Å².